The van der Waals surface area contributed by atoms with E-state index in [2.05, 4.69) is 50.8 Å². The van der Waals surface area contributed by atoms with Gasteiger partial charge in [-0.05, 0) is 91.8 Å². The molecular weight excluding hydrogens is 653 g/mol. The summed E-state index contributed by atoms with van der Waals surface area (Å²) in [5, 5.41) is 6.76. The van der Waals surface area contributed by atoms with Gasteiger partial charge in [-0.3, -0.25) is 4.90 Å². The normalized spacial score (nSPS) is 27.5. The number of carbonyl (C=O) groups is 2. The minimum Gasteiger partial charge on any atom is -0.445 e. The predicted octanol–water partition coefficient (Wildman–Crippen LogP) is 5.31. The molecule has 4 aliphatic carbocycles. The molecule has 0 spiro atoms. The van der Waals surface area contributed by atoms with Crippen molar-refractivity contribution in [2.45, 2.75) is 50.3 Å². The molecule has 11 nitrogen and oxygen atoms in total. The van der Waals surface area contributed by atoms with Gasteiger partial charge in [-0.25, -0.2) is 18.0 Å². The SMILES string of the molecule is CS(=O)(=O)N1CCN(c2ccc(N3CCN(C(=O)NC4C5CC6C[C@H]4CC(NC(=O)OCc4ccccc4)(C6)C5)c4ccccc43)cc2)CC1. The van der Waals surface area contributed by atoms with Crippen LogP contribution in [-0.4, -0.2) is 82.0 Å². The Morgan fingerprint density at radius 1 is 0.780 bits per heavy atom. The van der Waals surface area contributed by atoms with Crippen molar-refractivity contribution in [2.75, 3.05) is 60.2 Å². The highest BCUT2D eigenvalue weighted by Crippen LogP contribution is 2.56. The van der Waals surface area contributed by atoms with Crippen LogP contribution in [0.4, 0.5) is 32.3 Å². The summed E-state index contributed by atoms with van der Waals surface area (Å²) in [5.74, 6) is 1.20. The number of ether oxygens (including phenoxy) is 1. The molecule has 1 saturated heterocycles. The van der Waals surface area contributed by atoms with Gasteiger partial charge in [-0.2, -0.15) is 4.31 Å². The number of piperazine rings is 1. The van der Waals surface area contributed by atoms with Gasteiger partial charge in [-0.15, -0.1) is 0 Å². The highest BCUT2D eigenvalue weighted by atomic mass is 32.2. The number of alkyl carbamates (subject to hydrolysis) is 1. The predicted molar refractivity (Wildman–Crippen MR) is 194 cm³/mol. The van der Waals surface area contributed by atoms with Crippen LogP contribution in [0, 0.1) is 17.8 Å². The topological polar surface area (TPSA) is 115 Å². The highest BCUT2D eigenvalue weighted by Gasteiger charge is 2.56. The van der Waals surface area contributed by atoms with Crippen LogP contribution in [0.2, 0.25) is 0 Å². The van der Waals surface area contributed by atoms with E-state index >= 15 is 0 Å². The minimum absolute atomic E-state index is 0.0533. The molecule has 2 aliphatic heterocycles. The molecule has 2 heterocycles. The van der Waals surface area contributed by atoms with Crippen LogP contribution in [0.1, 0.15) is 37.7 Å². The summed E-state index contributed by atoms with van der Waals surface area (Å²) in [6.45, 7) is 3.77. The Morgan fingerprint density at radius 3 is 2.10 bits per heavy atom. The van der Waals surface area contributed by atoms with Gasteiger partial charge in [0.15, 0.2) is 0 Å². The fourth-order valence-electron chi connectivity index (χ4n) is 9.57. The second-order valence-electron chi connectivity index (χ2n) is 14.9. The van der Waals surface area contributed by atoms with Crippen molar-refractivity contribution < 1.29 is 22.7 Å². The minimum atomic E-state index is -3.17. The van der Waals surface area contributed by atoms with E-state index in [1.54, 1.807) is 0 Å². The maximum Gasteiger partial charge on any atom is 0.407 e. The fraction of sp³-hybridized carbons (Fsp3) is 0.474. The van der Waals surface area contributed by atoms with Crippen LogP contribution >= 0.6 is 0 Å². The zero-order valence-corrected chi connectivity index (χ0v) is 29.4. The lowest BCUT2D eigenvalue weighted by Crippen LogP contribution is -2.67. The van der Waals surface area contributed by atoms with Gasteiger partial charge in [0.25, 0.3) is 0 Å². The maximum atomic E-state index is 14.0. The Bertz CT molecular complexity index is 1820. The number of fused-ring (bicyclic) bond motifs is 1. The number of anilines is 4. The quantitative estimate of drug-likeness (QED) is 0.344. The molecule has 0 aromatic heterocycles. The molecule has 0 radical (unpaired) electrons. The Labute approximate surface area is 294 Å². The number of sulfonamides is 1. The highest BCUT2D eigenvalue weighted by molar-refractivity contribution is 7.88. The van der Waals surface area contributed by atoms with Crippen LogP contribution in [-0.2, 0) is 21.4 Å². The van der Waals surface area contributed by atoms with Crippen molar-refractivity contribution in [1.29, 1.82) is 0 Å². The summed E-state index contributed by atoms with van der Waals surface area (Å²) in [6, 6.07) is 26.3. The van der Waals surface area contributed by atoms with Crippen LogP contribution in [0.15, 0.2) is 78.9 Å². The van der Waals surface area contributed by atoms with Crippen LogP contribution in [0.25, 0.3) is 0 Å². The molecule has 12 heteroatoms. The lowest BCUT2D eigenvalue weighted by atomic mass is 9.51. The van der Waals surface area contributed by atoms with Crippen molar-refractivity contribution in [1.82, 2.24) is 14.9 Å². The number of rotatable bonds is 7. The number of para-hydroxylation sites is 2. The first-order valence-corrected chi connectivity index (χ1v) is 19.7. The van der Waals surface area contributed by atoms with Crippen molar-refractivity contribution in [3.05, 3.63) is 84.4 Å². The first-order valence-electron chi connectivity index (χ1n) is 17.9. The van der Waals surface area contributed by atoms with Crippen molar-refractivity contribution in [2.24, 2.45) is 17.8 Å². The molecule has 3 aromatic carbocycles. The van der Waals surface area contributed by atoms with E-state index in [9.17, 15) is 18.0 Å². The van der Waals surface area contributed by atoms with E-state index in [1.807, 2.05) is 53.4 Å². The number of nitrogens with zero attached hydrogens (tertiary/aromatic N) is 4. The maximum absolute atomic E-state index is 14.0. The molecule has 4 saturated carbocycles. The van der Waals surface area contributed by atoms with Gasteiger partial charge in [0, 0.05) is 62.2 Å². The summed E-state index contributed by atoms with van der Waals surface area (Å²) in [5.41, 5.74) is 4.72. The molecule has 2 N–H and O–H groups in total. The smallest absolute Gasteiger partial charge is 0.407 e. The number of hydrogen-bond acceptors (Lipinski definition) is 7. The molecule has 50 heavy (non-hydrogen) atoms. The number of benzene rings is 3. The van der Waals surface area contributed by atoms with Crippen LogP contribution in [0.3, 0.4) is 0 Å². The Hall–Kier alpha value is -4.29. The van der Waals surface area contributed by atoms with Gasteiger partial charge < -0.3 is 25.2 Å². The van der Waals surface area contributed by atoms with Crippen molar-refractivity contribution in [3.8, 4) is 0 Å². The number of urea groups is 1. The van der Waals surface area contributed by atoms with Crippen molar-refractivity contribution in [3.63, 3.8) is 0 Å². The summed E-state index contributed by atoms with van der Waals surface area (Å²) < 4.78 is 31.0. The Kier molecular flexibility index (Phi) is 8.63. The van der Waals surface area contributed by atoms with Gasteiger partial charge in [0.05, 0.1) is 17.6 Å². The standard InChI is InChI=1S/C38H46N6O5S/c1-50(47,48)42-17-15-41(16-18-42)31-11-13-32(14-12-31)43-19-20-44(34-10-6-5-9-33(34)43)36(45)39-35-29-21-28-22-30(35)25-38(23-28,24-29)40-37(46)49-26-27-7-3-2-4-8-27/h2-14,28-30,35H,15-26H2,1H3,(H,39,45)(H,40,46)/t28?,29-,30?,35?,38?/m0/s1. The molecule has 3 aromatic rings. The molecule has 5 atom stereocenters. The van der Waals surface area contributed by atoms with E-state index in [0.29, 0.717) is 57.0 Å². The summed E-state index contributed by atoms with van der Waals surface area (Å²) in [6.07, 6.45) is 5.78. The van der Waals surface area contributed by atoms with Crippen LogP contribution < -0.4 is 25.3 Å². The summed E-state index contributed by atoms with van der Waals surface area (Å²) in [7, 11) is -3.17. The average molecular weight is 699 g/mol. The second kappa shape index (κ2) is 13.1. The number of nitrogens with one attached hydrogen (secondary N) is 2. The van der Waals surface area contributed by atoms with E-state index in [4.69, 9.17) is 4.74 Å². The zero-order valence-electron chi connectivity index (χ0n) is 28.5. The third-order valence-electron chi connectivity index (χ3n) is 11.6. The van der Waals surface area contributed by atoms with E-state index in [1.165, 1.54) is 10.6 Å². The molecule has 4 unspecified atom stereocenters. The largest absolute Gasteiger partial charge is 0.445 e. The zero-order chi connectivity index (χ0) is 34.5. The lowest BCUT2D eigenvalue weighted by Gasteiger charge is -2.60. The monoisotopic (exact) mass is 698 g/mol. The van der Waals surface area contributed by atoms with E-state index in [0.717, 1.165) is 60.4 Å². The third-order valence-corrected chi connectivity index (χ3v) is 12.9. The second-order valence-corrected chi connectivity index (χ2v) is 16.9. The van der Waals surface area contributed by atoms with Gasteiger partial charge >= 0.3 is 12.1 Å². The van der Waals surface area contributed by atoms with Gasteiger partial charge in [0.1, 0.15) is 6.61 Å². The first kappa shape index (κ1) is 32.9. The average Bonchev–Trinajstić information content (AvgIpc) is 3.11. The van der Waals surface area contributed by atoms with Crippen molar-refractivity contribution >= 4 is 44.9 Å². The third kappa shape index (κ3) is 6.51. The molecule has 4 bridgehead atoms. The lowest BCUT2D eigenvalue weighted by molar-refractivity contribution is -0.0419. The summed E-state index contributed by atoms with van der Waals surface area (Å²) in [4.78, 5) is 33.3. The van der Waals surface area contributed by atoms with E-state index in [-0.39, 0.29) is 30.3 Å². The first-order chi connectivity index (χ1) is 24.1. The number of hydrogen-bond donors (Lipinski definition) is 2. The van der Waals surface area contributed by atoms with Gasteiger partial charge in [0.2, 0.25) is 10.0 Å². The Morgan fingerprint density at radius 2 is 1.42 bits per heavy atom. The molecular formula is C38H46N6O5S. The molecule has 3 amide bonds. The summed E-state index contributed by atoms with van der Waals surface area (Å²) >= 11 is 0. The number of amides is 3. The van der Waals surface area contributed by atoms with Gasteiger partial charge in [-0.1, -0.05) is 42.5 Å². The van der Waals surface area contributed by atoms with E-state index < -0.39 is 10.0 Å². The molecule has 6 aliphatic rings. The fourth-order valence-corrected chi connectivity index (χ4v) is 10.4. The molecule has 9 rings (SSSR count). The molecule has 264 valence electrons. The number of carbonyl (C=O) groups excluding carboxylic acids is 2. The Balaban J connectivity index is 0.906. The molecule has 5 fully saturated rings. The van der Waals surface area contributed by atoms with Crippen LogP contribution in [0.5, 0.6) is 0 Å².